The zero-order valence-electron chi connectivity index (χ0n) is 11.2. The van der Waals surface area contributed by atoms with Crippen molar-refractivity contribution >= 4 is 29.9 Å². The maximum atomic E-state index is 12.1. The minimum absolute atomic E-state index is 0. The van der Waals surface area contributed by atoms with Gasteiger partial charge in [-0.05, 0) is 37.0 Å². The Balaban J connectivity index is 0.00000200. The van der Waals surface area contributed by atoms with Gasteiger partial charge in [0.15, 0.2) is 0 Å². The van der Waals surface area contributed by atoms with Gasteiger partial charge in [-0.1, -0.05) is 23.7 Å². The van der Waals surface area contributed by atoms with Crippen LogP contribution in [0.1, 0.15) is 18.4 Å². The molecule has 0 saturated carbocycles. The van der Waals surface area contributed by atoms with Crippen LogP contribution in [0.3, 0.4) is 0 Å². The molecule has 0 bridgehead atoms. The Kier molecular flexibility index (Phi) is 6.76. The molecule has 0 aromatic heterocycles. The number of benzene rings is 1. The van der Waals surface area contributed by atoms with E-state index in [1.165, 1.54) is 0 Å². The zero-order valence-corrected chi connectivity index (χ0v) is 12.8. The van der Waals surface area contributed by atoms with Gasteiger partial charge in [-0.3, -0.25) is 4.79 Å². The van der Waals surface area contributed by atoms with Gasteiger partial charge in [-0.2, -0.15) is 0 Å². The van der Waals surface area contributed by atoms with Crippen molar-refractivity contribution < 1.29 is 9.53 Å². The van der Waals surface area contributed by atoms with Crippen LogP contribution in [0.25, 0.3) is 0 Å². The van der Waals surface area contributed by atoms with E-state index in [0.29, 0.717) is 37.6 Å². The molecule has 20 heavy (non-hydrogen) atoms. The molecule has 2 rings (SSSR count). The molecule has 112 valence electrons. The van der Waals surface area contributed by atoms with E-state index in [1.54, 1.807) is 0 Å². The molecule has 0 unspecified atom stereocenters. The van der Waals surface area contributed by atoms with Gasteiger partial charge in [0.05, 0.1) is 5.54 Å². The molecule has 1 saturated heterocycles. The number of halogens is 2. The number of rotatable bonds is 4. The lowest BCUT2D eigenvalue weighted by Gasteiger charge is -2.31. The van der Waals surface area contributed by atoms with Crippen LogP contribution in [-0.4, -0.2) is 31.2 Å². The monoisotopic (exact) mass is 318 g/mol. The molecule has 4 nitrogen and oxygen atoms in total. The van der Waals surface area contributed by atoms with Crippen LogP contribution in [0.4, 0.5) is 0 Å². The molecule has 0 spiro atoms. The number of carbonyl (C=O) groups is 1. The normalized spacial score (nSPS) is 17.1. The summed E-state index contributed by atoms with van der Waals surface area (Å²) in [4.78, 5) is 12.1. The third-order valence-corrected chi connectivity index (χ3v) is 3.66. The number of nitrogens with one attached hydrogen (secondary N) is 1. The summed E-state index contributed by atoms with van der Waals surface area (Å²) in [7, 11) is 0. The Bertz CT molecular complexity index is 449. The first-order valence-electron chi connectivity index (χ1n) is 6.49. The van der Waals surface area contributed by atoms with Crippen molar-refractivity contribution in [3.05, 3.63) is 34.9 Å². The molecule has 3 N–H and O–H groups in total. The summed E-state index contributed by atoms with van der Waals surface area (Å²) in [6.07, 6.45) is 1.91. The van der Waals surface area contributed by atoms with Gasteiger partial charge in [0.25, 0.3) is 0 Å². The van der Waals surface area contributed by atoms with Crippen molar-refractivity contribution in [1.82, 2.24) is 5.32 Å². The molecule has 0 radical (unpaired) electrons. The van der Waals surface area contributed by atoms with Crippen LogP contribution in [-0.2, 0) is 16.0 Å². The molecule has 1 fully saturated rings. The van der Waals surface area contributed by atoms with E-state index in [2.05, 4.69) is 5.32 Å². The van der Waals surface area contributed by atoms with E-state index in [1.807, 2.05) is 24.3 Å². The summed E-state index contributed by atoms with van der Waals surface area (Å²) in [5.74, 6) is -0.0853. The predicted octanol–water partition coefficient (Wildman–Crippen LogP) is 1.93. The van der Waals surface area contributed by atoms with Gasteiger partial charge in [-0.15, -0.1) is 12.4 Å². The van der Waals surface area contributed by atoms with Crippen molar-refractivity contribution in [2.24, 2.45) is 5.73 Å². The predicted molar refractivity (Wildman–Crippen MR) is 82.4 cm³/mol. The van der Waals surface area contributed by atoms with Crippen molar-refractivity contribution in [3.8, 4) is 0 Å². The largest absolute Gasteiger partial charge is 0.381 e. The molecule has 0 aliphatic carbocycles. The SMILES string of the molecule is Cl.NC1(C(=O)NCCc2cccc(Cl)c2)CCOCC1. The molecular weight excluding hydrogens is 299 g/mol. The molecule has 1 aromatic carbocycles. The Morgan fingerprint density at radius 3 is 2.75 bits per heavy atom. The molecular formula is C14H20Cl2N2O2. The van der Waals surface area contributed by atoms with E-state index >= 15 is 0 Å². The fourth-order valence-corrected chi connectivity index (χ4v) is 2.36. The minimum atomic E-state index is -0.771. The lowest BCUT2D eigenvalue weighted by molar-refractivity contribution is -0.129. The summed E-state index contributed by atoms with van der Waals surface area (Å²) < 4.78 is 5.23. The van der Waals surface area contributed by atoms with Crippen molar-refractivity contribution in [1.29, 1.82) is 0 Å². The maximum Gasteiger partial charge on any atom is 0.240 e. The Hall–Kier alpha value is -0.810. The fraction of sp³-hybridized carbons (Fsp3) is 0.500. The topological polar surface area (TPSA) is 64.4 Å². The lowest BCUT2D eigenvalue weighted by Crippen LogP contribution is -2.57. The second kappa shape index (κ2) is 7.84. The summed E-state index contributed by atoms with van der Waals surface area (Å²) in [6.45, 7) is 1.68. The molecule has 6 heteroatoms. The third kappa shape index (κ3) is 4.63. The first-order valence-corrected chi connectivity index (χ1v) is 6.87. The highest BCUT2D eigenvalue weighted by atomic mass is 35.5. The lowest BCUT2D eigenvalue weighted by atomic mass is 9.90. The highest BCUT2D eigenvalue weighted by Crippen LogP contribution is 2.17. The van der Waals surface area contributed by atoms with Gasteiger partial charge in [0, 0.05) is 24.8 Å². The molecule has 1 aromatic rings. The summed E-state index contributed by atoms with van der Waals surface area (Å²) in [6, 6.07) is 7.63. The van der Waals surface area contributed by atoms with Crippen molar-refractivity contribution in [2.75, 3.05) is 19.8 Å². The smallest absolute Gasteiger partial charge is 0.240 e. The van der Waals surface area contributed by atoms with Gasteiger partial charge < -0.3 is 15.8 Å². The first kappa shape index (κ1) is 17.2. The highest BCUT2D eigenvalue weighted by molar-refractivity contribution is 6.30. The summed E-state index contributed by atoms with van der Waals surface area (Å²) >= 11 is 5.91. The van der Waals surface area contributed by atoms with Crippen molar-refractivity contribution in [3.63, 3.8) is 0 Å². The second-order valence-corrected chi connectivity index (χ2v) is 5.34. The number of hydrogen-bond acceptors (Lipinski definition) is 3. The summed E-state index contributed by atoms with van der Waals surface area (Å²) in [5.41, 5.74) is 6.42. The van der Waals surface area contributed by atoms with E-state index in [0.717, 1.165) is 12.0 Å². The standard InChI is InChI=1S/C14H19ClN2O2.ClH/c15-12-3-1-2-11(10-12)4-7-17-13(18)14(16)5-8-19-9-6-14;/h1-3,10H,4-9,16H2,(H,17,18);1H. The average molecular weight is 319 g/mol. The molecule has 1 aliphatic rings. The van der Waals surface area contributed by atoms with Crippen molar-refractivity contribution in [2.45, 2.75) is 24.8 Å². The van der Waals surface area contributed by atoms with Crippen LogP contribution in [0.2, 0.25) is 5.02 Å². The van der Waals surface area contributed by atoms with E-state index in [4.69, 9.17) is 22.1 Å². The fourth-order valence-electron chi connectivity index (χ4n) is 2.15. The molecule has 0 atom stereocenters. The zero-order chi connectivity index (χ0) is 13.7. The van der Waals surface area contributed by atoms with Gasteiger partial charge in [0.1, 0.15) is 0 Å². The van der Waals surface area contributed by atoms with E-state index < -0.39 is 5.54 Å². The van der Waals surface area contributed by atoms with Crippen LogP contribution in [0.15, 0.2) is 24.3 Å². The highest BCUT2D eigenvalue weighted by Gasteiger charge is 2.35. The van der Waals surface area contributed by atoms with Crippen LogP contribution < -0.4 is 11.1 Å². The van der Waals surface area contributed by atoms with Gasteiger partial charge >= 0.3 is 0 Å². The summed E-state index contributed by atoms with van der Waals surface area (Å²) in [5, 5.41) is 3.61. The average Bonchev–Trinajstić information content (AvgIpc) is 2.39. The Morgan fingerprint density at radius 2 is 2.10 bits per heavy atom. The minimum Gasteiger partial charge on any atom is -0.381 e. The molecule has 1 heterocycles. The van der Waals surface area contributed by atoms with E-state index in [9.17, 15) is 4.79 Å². The number of nitrogens with two attached hydrogens (primary N) is 1. The molecule has 1 aliphatic heterocycles. The van der Waals surface area contributed by atoms with Crippen LogP contribution in [0.5, 0.6) is 0 Å². The Labute approximate surface area is 130 Å². The van der Waals surface area contributed by atoms with E-state index in [-0.39, 0.29) is 18.3 Å². The number of carbonyl (C=O) groups excluding carboxylic acids is 1. The number of amides is 1. The Morgan fingerprint density at radius 1 is 1.40 bits per heavy atom. The van der Waals surface area contributed by atoms with Gasteiger partial charge in [0.2, 0.25) is 5.91 Å². The van der Waals surface area contributed by atoms with Gasteiger partial charge in [-0.25, -0.2) is 0 Å². The van der Waals surface area contributed by atoms with Crippen LogP contribution in [0, 0.1) is 0 Å². The number of ether oxygens (including phenoxy) is 1. The second-order valence-electron chi connectivity index (χ2n) is 4.90. The third-order valence-electron chi connectivity index (χ3n) is 3.43. The number of hydrogen-bond donors (Lipinski definition) is 2. The maximum absolute atomic E-state index is 12.1. The van der Waals surface area contributed by atoms with Crippen LogP contribution >= 0.6 is 24.0 Å². The molecule has 1 amide bonds. The quantitative estimate of drug-likeness (QED) is 0.891. The first-order chi connectivity index (χ1) is 9.10.